The molecule has 7 heteroatoms. The van der Waals surface area contributed by atoms with Gasteiger partial charge < -0.3 is 16.0 Å². The number of benzene rings is 2. The summed E-state index contributed by atoms with van der Waals surface area (Å²) in [4.78, 5) is 25.6. The third kappa shape index (κ3) is 3.16. The standard InChI is InChI=1S/C17H18N4O3/c18-12-3-7-14(8-4-12)21-10-9-15(17(21)23)19-13-5-1-11(2-6-13)16(22)20-24/h1-8,15,19,24H,9-10,18H2,(H,20,22). The van der Waals surface area contributed by atoms with E-state index in [1.54, 1.807) is 46.8 Å². The predicted molar refractivity (Wildman–Crippen MR) is 90.9 cm³/mol. The molecule has 1 heterocycles. The summed E-state index contributed by atoms with van der Waals surface area (Å²) >= 11 is 0. The van der Waals surface area contributed by atoms with Crippen molar-refractivity contribution >= 4 is 28.9 Å². The number of nitrogens with one attached hydrogen (secondary N) is 2. The van der Waals surface area contributed by atoms with Crippen LogP contribution in [0.1, 0.15) is 16.8 Å². The molecule has 0 saturated carbocycles. The van der Waals surface area contributed by atoms with E-state index < -0.39 is 5.91 Å². The van der Waals surface area contributed by atoms with Crippen molar-refractivity contribution in [2.45, 2.75) is 12.5 Å². The molecule has 1 saturated heterocycles. The fraction of sp³-hybridized carbons (Fsp3) is 0.176. The summed E-state index contributed by atoms with van der Waals surface area (Å²) in [6.45, 7) is 0.630. The molecule has 0 spiro atoms. The largest absolute Gasteiger partial charge is 0.399 e. The summed E-state index contributed by atoms with van der Waals surface area (Å²) in [5.74, 6) is -0.579. The molecule has 2 amide bonds. The number of amides is 2. The monoisotopic (exact) mass is 326 g/mol. The van der Waals surface area contributed by atoms with Gasteiger partial charge >= 0.3 is 0 Å². The molecule has 1 atom stereocenters. The Labute approximate surface area is 139 Å². The summed E-state index contributed by atoms with van der Waals surface area (Å²) in [6, 6.07) is 13.4. The molecule has 1 unspecified atom stereocenters. The lowest BCUT2D eigenvalue weighted by molar-refractivity contribution is -0.117. The number of carbonyl (C=O) groups is 2. The van der Waals surface area contributed by atoms with E-state index in [9.17, 15) is 9.59 Å². The lowest BCUT2D eigenvalue weighted by atomic mass is 10.1. The number of nitrogens with zero attached hydrogens (tertiary/aromatic N) is 1. The van der Waals surface area contributed by atoms with Gasteiger partial charge in [-0.3, -0.25) is 14.8 Å². The molecule has 2 aromatic carbocycles. The smallest absolute Gasteiger partial charge is 0.274 e. The average Bonchev–Trinajstić information content (AvgIpc) is 2.96. The van der Waals surface area contributed by atoms with Crippen LogP contribution in [-0.4, -0.2) is 29.6 Å². The topological polar surface area (TPSA) is 108 Å². The van der Waals surface area contributed by atoms with Gasteiger partial charge in [0.25, 0.3) is 5.91 Å². The molecule has 0 aliphatic carbocycles. The number of nitrogen functional groups attached to an aromatic ring is 1. The van der Waals surface area contributed by atoms with Crippen LogP contribution < -0.4 is 21.4 Å². The summed E-state index contributed by atoms with van der Waals surface area (Å²) in [5.41, 5.74) is 9.81. The molecular weight excluding hydrogens is 308 g/mol. The Kier molecular flexibility index (Phi) is 4.35. The minimum Gasteiger partial charge on any atom is -0.399 e. The molecule has 0 bridgehead atoms. The molecule has 0 radical (unpaired) electrons. The lowest BCUT2D eigenvalue weighted by Gasteiger charge is -2.18. The highest BCUT2D eigenvalue weighted by atomic mass is 16.5. The normalized spacial score (nSPS) is 17.0. The van der Waals surface area contributed by atoms with Crippen molar-refractivity contribution in [3.05, 3.63) is 54.1 Å². The maximum atomic E-state index is 12.6. The molecule has 124 valence electrons. The van der Waals surface area contributed by atoms with E-state index in [-0.39, 0.29) is 11.9 Å². The summed E-state index contributed by atoms with van der Waals surface area (Å²) in [7, 11) is 0. The molecule has 1 aliphatic heterocycles. The van der Waals surface area contributed by atoms with Gasteiger partial charge in [0.2, 0.25) is 5.91 Å². The Bertz CT molecular complexity index is 743. The van der Waals surface area contributed by atoms with Crippen LogP contribution in [0.2, 0.25) is 0 Å². The zero-order valence-electron chi connectivity index (χ0n) is 12.9. The SMILES string of the molecule is Nc1ccc(N2CCC(Nc3ccc(C(=O)NO)cc3)C2=O)cc1. The highest BCUT2D eigenvalue weighted by Crippen LogP contribution is 2.24. The van der Waals surface area contributed by atoms with Crippen molar-refractivity contribution in [2.24, 2.45) is 0 Å². The van der Waals surface area contributed by atoms with Crippen LogP contribution in [0.3, 0.4) is 0 Å². The van der Waals surface area contributed by atoms with Crippen molar-refractivity contribution in [2.75, 3.05) is 22.5 Å². The minimum absolute atomic E-state index is 0.00282. The second kappa shape index (κ2) is 6.59. The van der Waals surface area contributed by atoms with Crippen LogP contribution >= 0.6 is 0 Å². The maximum Gasteiger partial charge on any atom is 0.274 e. The average molecular weight is 326 g/mol. The number of hydroxylamine groups is 1. The first-order chi connectivity index (χ1) is 11.6. The van der Waals surface area contributed by atoms with Gasteiger partial charge in [0.15, 0.2) is 0 Å². The van der Waals surface area contributed by atoms with E-state index in [0.717, 1.165) is 11.4 Å². The van der Waals surface area contributed by atoms with E-state index in [2.05, 4.69) is 5.32 Å². The Hall–Kier alpha value is -3.06. The number of anilines is 3. The number of rotatable bonds is 4. The first-order valence-corrected chi connectivity index (χ1v) is 7.56. The molecule has 5 N–H and O–H groups in total. The van der Waals surface area contributed by atoms with Crippen LogP contribution in [0.25, 0.3) is 0 Å². The summed E-state index contributed by atoms with van der Waals surface area (Å²) < 4.78 is 0. The van der Waals surface area contributed by atoms with Crippen LogP contribution in [-0.2, 0) is 4.79 Å². The van der Waals surface area contributed by atoms with E-state index in [0.29, 0.717) is 24.2 Å². The number of hydrogen-bond donors (Lipinski definition) is 4. The third-order valence-corrected chi connectivity index (χ3v) is 4.00. The first kappa shape index (κ1) is 15.8. The van der Waals surface area contributed by atoms with Gasteiger partial charge in [0.1, 0.15) is 6.04 Å². The number of hydrogen-bond acceptors (Lipinski definition) is 5. The molecule has 2 aromatic rings. The van der Waals surface area contributed by atoms with Gasteiger partial charge in [0.05, 0.1) is 0 Å². The van der Waals surface area contributed by atoms with E-state index in [1.807, 2.05) is 12.1 Å². The lowest BCUT2D eigenvalue weighted by Crippen LogP contribution is -2.33. The van der Waals surface area contributed by atoms with Gasteiger partial charge in [-0.15, -0.1) is 0 Å². The van der Waals surface area contributed by atoms with Crippen LogP contribution in [0.4, 0.5) is 17.1 Å². The fourth-order valence-electron chi connectivity index (χ4n) is 2.71. The third-order valence-electron chi connectivity index (χ3n) is 4.00. The second-order valence-corrected chi connectivity index (χ2v) is 5.59. The van der Waals surface area contributed by atoms with E-state index >= 15 is 0 Å². The van der Waals surface area contributed by atoms with Gasteiger partial charge in [-0.25, -0.2) is 5.48 Å². The van der Waals surface area contributed by atoms with Gasteiger partial charge in [-0.2, -0.15) is 0 Å². The van der Waals surface area contributed by atoms with E-state index in [1.165, 1.54) is 0 Å². The number of carbonyl (C=O) groups excluding carboxylic acids is 2. The molecule has 3 rings (SSSR count). The quantitative estimate of drug-likeness (QED) is 0.388. The Morgan fingerprint density at radius 1 is 1.12 bits per heavy atom. The van der Waals surface area contributed by atoms with Crippen LogP contribution in [0.5, 0.6) is 0 Å². The van der Waals surface area contributed by atoms with Crippen molar-refractivity contribution in [3.63, 3.8) is 0 Å². The summed E-state index contributed by atoms with van der Waals surface area (Å²) in [6.07, 6.45) is 0.683. The predicted octanol–water partition coefficient (Wildman–Crippen LogP) is 1.61. The first-order valence-electron chi connectivity index (χ1n) is 7.56. The van der Waals surface area contributed by atoms with E-state index in [4.69, 9.17) is 10.9 Å². The van der Waals surface area contributed by atoms with Crippen molar-refractivity contribution in [3.8, 4) is 0 Å². The highest BCUT2D eigenvalue weighted by molar-refractivity contribution is 6.01. The Morgan fingerprint density at radius 3 is 2.42 bits per heavy atom. The Morgan fingerprint density at radius 2 is 1.79 bits per heavy atom. The highest BCUT2D eigenvalue weighted by Gasteiger charge is 2.32. The summed E-state index contributed by atoms with van der Waals surface area (Å²) in [5, 5.41) is 11.8. The van der Waals surface area contributed by atoms with Crippen molar-refractivity contribution in [1.29, 1.82) is 0 Å². The van der Waals surface area contributed by atoms with Crippen LogP contribution in [0, 0.1) is 0 Å². The fourth-order valence-corrected chi connectivity index (χ4v) is 2.71. The molecule has 1 fully saturated rings. The maximum absolute atomic E-state index is 12.6. The minimum atomic E-state index is -0.576. The van der Waals surface area contributed by atoms with Gasteiger partial charge in [-0.1, -0.05) is 0 Å². The molecule has 1 aliphatic rings. The zero-order chi connectivity index (χ0) is 17.1. The molecule has 7 nitrogen and oxygen atoms in total. The molecule has 24 heavy (non-hydrogen) atoms. The van der Waals surface area contributed by atoms with Crippen LogP contribution in [0.15, 0.2) is 48.5 Å². The molecular formula is C17H18N4O3. The second-order valence-electron chi connectivity index (χ2n) is 5.59. The molecule has 0 aromatic heterocycles. The van der Waals surface area contributed by atoms with Gasteiger partial charge in [0, 0.05) is 29.2 Å². The Balaban J connectivity index is 1.67. The van der Waals surface area contributed by atoms with Crippen molar-refractivity contribution < 1.29 is 14.8 Å². The van der Waals surface area contributed by atoms with Crippen molar-refractivity contribution in [1.82, 2.24) is 5.48 Å². The zero-order valence-corrected chi connectivity index (χ0v) is 12.9. The number of nitrogens with two attached hydrogens (primary N) is 1. The van der Waals surface area contributed by atoms with Gasteiger partial charge in [-0.05, 0) is 55.0 Å².